The molecule has 1 saturated carbocycles. The largest absolute Gasteiger partial charge is 0.335 e. The molecule has 0 bridgehead atoms. The molecule has 1 unspecified atom stereocenters. The van der Waals surface area contributed by atoms with Crippen molar-refractivity contribution < 1.29 is 4.79 Å². The minimum absolute atomic E-state index is 0.000697. The van der Waals surface area contributed by atoms with Crippen molar-refractivity contribution in [3.8, 4) is 0 Å². The van der Waals surface area contributed by atoms with Crippen molar-refractivity contribution in [1.82, 2.24) is 10.6 Å². The number of hydrogen-bond acceptors (Lipinski definition) is 1. The first-order valence-corrected chi connectivity index (χ1v) is 6.56. The molecule has 1 atom stereocenters. The van der Waals surface area contributed by atoms with Crippen LogP contribution in [-0.2, 0) is 0 Å². The van der Waals surface area contributed by atoms with Crippen LogP contribution >= 0.6 is 0 Å². The molecule has 0 heterocycles. The molecule has 2 N–H and O–H groups in total. The average Bonchev–Trinajstić information content (AvgIpc) is 2.21. The summed E-state index contributed by atoms with van der Waals surface area (Å²) >= 11 is 0. The van der Waals surface area contributed by atoms with Crippen molar-refractivity contribution in [2.45, 2.75) is 65.5 Å². The maximum atomic E-state index is 11.7. The van der Waals surface area contributed by atoms with Gasteiger partial charge in [-0.2, -0.15) is 0 Å². The van der Waals surface area contributed by atoms with E-state index >= 15 is 0 Å². The first-order valence-electron chi connectivity index (χ1n) is 6.56. The molecular weight excluding hydrogens is 200 g/mol. The van der Waals surface area contributed by atoms with E-state index < -0.39 is 0 Å². The van der Waals surface area contributed by atoms with Gasteiger partial charge in [-0.3, -0.25) is 0 Å². The number of amides is 2. The van der Waals surface area contributed by atoms with Gasteiger partial charge in [-0.15, -0.1) is 0 Å². The van der Waals surface area contributed by atoms with Crippen LogP contribution in [0.25, 0.3) is 0 Å². The van der Waals surface area contributed by atoms with Gasteiger partial charge < -0.3 is 10.6 Å². The lowest BCUT2D eigenvalue weighted by Gasteiger charge is -2.28. The SMILES string of the molecule is CC1CCC(NC(=O)NC(C)C(C)C)CC1. The fourth-order valence-corrected chi connectivity index (χ4v) is 2.00. The molecule has 94 valence electrons. The number of rotatable bonds is 3. The van der Waals surface area contributed by atoms with Crippen LogP contribution in [0.3, 0.4) is 0 Å². The number of carbonyl (C=O) groups excluding carboxylic acids is 1. The van der Waals surface area contributed by atoms with Crippen LogP contribution in [0.1, 0.15) is 53.4 Å². The Morgan fingerprint density at radius 3 is 2.19 bits per heavy atom. The Morgan fingerprint density at radius 2 is 1.69 bits per heavy atom. The first kappa shape index (κ1) is 13.3. The second kappa shape index (κ2) is 6.12. The molecule has 3 heteroatoms. The summed E-state index contributed by atoms with van der Waals surface area (Å²) in [6.45, 7) is 8.57. The van der Waals surface area contributed by atoms with Gasteiger partial charge in [0.1, 0.15) is 0 Å². The minimum atomic E-state index is 0.000697. The van der Waals surface area contributed by atoms with Gasteiger partial charge in [-0.25, -0.2) is 4.79 Å². The highest BCUT2D eigenvalue weighted by Crippen LogP contribution is 2.23. The third-order valence-corrected chi connectivity index (χ3v) is 3.71. The van der Waals surface area contributed by atoms with Crippen LogP contribution in [0.4, 0.5) is 4.79 Å². The number of hydrogen-bond donors (Lipinski definition) is 2. The molecule has 1 aliphatic carbocycles. The summed E-state index contributed by atoms with van der Waals surface area (Å²) in [6.07, 6.45) is 4.74. The first-order chi connectivity index (χ1) is 7.49. The molecule has 0 saturated heterocycles. The standard InChI is InChI=1S/C13H26N2O/c1-9(2)11(4)14-13(16)15-12-7-5-10(3)6-8-12/h9-12H,5-8H2,1-4H3,(H2,14,15,16). The van der Waals surface area contributed by atoms with Gasteiger partial charge in [0.15, 0.2) is 0 Å². The number of urea groups is 1. The van der Waals surface area contributed by atoms with Gasteiger partial charge in [0.05, 0.1) is 0 Å². The maximum Gasteiger partial charge on any atom is 0.315 e. The van der Waals surface area contributed by atoms with Gasteiger partial charge in [0.2, 0.25) is 0 Å². The monoisotopic (exact) mass is 226 g/mol. The Labute approximate surface area is 99.4 Å². The summed E-state index contributed by atoms with van der Waals surface area (Å²) in [5, 5.41) is 6.06. The van der Waals surface area contributed by atoms with E-state index in [4.69, 9.17) is 0 Å². The summed E-state index contributed by atoms with van der Waals surface area (Å²) < 4.78 is 0. The van der Waals surface area contributed by atoms with E-state index in [1.807, 2.05) is 6.92 Å². The summed E-state index contributed by atoms with van der Waals surface area (Å²) in [6, 6.07) is 0.624. The molecule has 0 aromatic heterocycles. The minimum Gasteiger partial charge on any atom is -0.335 e. The number of nitrogens with one attached hydrogen (secondary N) is 2. The van der Waals surface area contributed by atoms with E-state index in [2.05, 4.69) is 31.4 Å². The zero-order chi connectivity index (χ0) is 12.1. The predicted molar refractivity (Wildman–Crippen MR) is 67.4 cm³/mol. The molecule has 16 heavy (non-hydrogen) atoms. The quantitative estimate of drug-likeness (QED) is 0.763. The number of carbonyl (C=O) groups is 1. The van der Waals surface area contributed by atoms with Crippen molar-refractivity contribution in [3.63, 3.8) is 0 Å². The van der Waals surface area contributed by atoms with Crippen LogP contribution in [0.15, 0.2) is 0 Å². The molecule has 0 aliphatic heterocycles. The third kappa shape index (κ3) is 4.42. The van der Waals surface area contributed by atoms with E-state index in [0.717, 1.165) is 18.8 Å². The highest BCUT2D eigenvalue weighted by atomic mass is 16.2. The molecule has 1 rings (SSSR count). The van der Waals surface area contributed by atoms with Gasteiger partial charge in [-0.1, -0.05) is 20.8 Å². The van der Waals surface area contributed by atoms with Crippen LogP contribution < -0.4 is 10.6 Å². The van der Waals surface area contributed by atoms with E-state index in [0.29, 0.717) is 12.0 Å². The molecule has 2 amide bonds. The lowest BCUT2D eigenvalue weighted by atomic mass is 9.87. The molecular formula is C13H26N2O. The van der Waals surface area contributed by atoms with Crippen molar-refractivity contribution >= 4 is 6.03 Å². The second-order valence-electron chi connectivity index (χ2n) is 5.61. The molecule has 3 nitrogen and oxygen atoms in total. The molecule has 1 aliphatic rings. The Kier molecular flexibility index (Phi) is 5.10. The van der Waals surface area contributed by atoms with Gasteiger partial charge >= 0.3 is 6.03 Å². The van der Waals surface area contributed by atoms with Crippen LogP contribution in [0, 0.1) is 11.8 Å². The van der Waals surface area contributed by atoms with Crippen molar-refractivity contribution in [3.05, 3.63) is 0 Å². The Morgan fingerprint density at radius 1 is 1.12 bits per heavy atom. The Bertz CT molecular complexity index is 220. The van der Waals surface area contributed by atoms with Gasteiger partial charge in [0, 0.05) is 12.1 Å². The van der Waals surface area contributed by atoms with E-state index in [9.17, 15) is 4.79 Å². The molecule has 1 fully saturated rings. The van der Waals surface area contributed by atoms with E-state index in [-0.39, 0.29) is 12.1 Å². The summed E-state index contributed by atoms with van der Waals surface area (Å²) in [4.78, 5) is 11.7. The zero-order valence-corrected chi connectivity index (χ0v) is 11.0. The van der Waals surface area contributed by atoms with Gasteiger partial charge in [-0.05, 0) is 44.4 Å². The third-order valence-electron chi connectivity index (χ3n) is 3.71. The van der Waals surface area contributed by atoms with E-state index in [1.54, 1.807) is 0 Å². The van der Waals surface area contributed by atoms with Gasteiger partial charge in [0.25, 0.3) is 0 Å². The van der Waals surface area contributed by atoms with Crippen LogP contribution in [0.5, 0.6) is 0 Å². The molecule has 0 spiro atoms. The Balaban J connectivity index is 2.24. The van der Waals surface area contributed by atoms with Crippen molar-refractivity contribution in [2.75, 3.05) is 0 Å². The predicted octanol–water partition coefficient (Wildman–Crippen LogP) is 2.91. The zero-order valence-electron chi connectivity index (χ0n) is 11.0. The highest BCUT2D eigenvalue weighted by Gasteiger charge is 2.20. The van der Waals surface area contributed by atoms with E-state index in [1.165, 1.54) is 12.8 Å². The fraction of sp³-hybridized carbons (Fsp3) is 0.923. The normalized spacial score (nSPS) is 27.6. The fourth-order valence-electron chi connectivity index (χ4n) is 2.00. The molecule has 0 radical (unpaired) electrons. The van der Waals surface area contributed by atoms with Crippen LogP contribution in [0.2, 0.25) is 0 Å². The van der Waals surface area contributed by atoms with Crippen molar-refractivity contribution in [2.24, 2.45) is 11.8 Å². The summed E-state index contributed by atoms with van der Waals surface area (Å²) in [5.41, 5.74) is 0. The molecule has 0 aromatic carbocycles. The Hall–Kier alpha value is -0.730. The highest BCUT2D eigenvalue weighted by molar-refractivity contribution is 5.74. The lowest BCUT2D eigenvalue weighted by molar-refractivity contribution is 0.222. The second-order valence-corrected chi connectivity index (χ2v) is 5.61. The lowest BCUT2D eigenvalue weighted by Crippen LogP contribution is -2.47. The molecule has 0 aromatic rings. The summed E-state index contributed by atoms with van der Waals surface area (Å²) in [7, 11) is 0. The van der Waals surface area contributed by atoms with Crippen LogP contribution in [-0.4, -0.2) is 18.1 Å². The summed E-state index contributed by atoms with van der Waals surface area (Å²) in [5.74, 6) is 1.31. The van der Waals surface area contributed by atoms with Crippen molar-refractivity contribution in [1.29, 1.82) is 0 Å². The smallest absolute Gasteiger partial charge is 0.315 e. The average molecular weight is 226 g/mol. The maximum absolute atomic E-state index is 11.7. The topological polar surface area (TPSA) is 41.1 Å².